The Morgan fingerprint density at radius 3 is 2.59 bits per heavy atom. The van der Waals surface area contributed by atoms with Crippen LogP contribution in [0.1, 0.15) is 27.2 Å². The van der Waals surface area contributed by atoms with Gasteiger partial charge in [-0.15, -0.1) is 0 Å². The van der Waals surface area contributed by atoms with Crippen molar-refractivity contribution in [1.82, 2.24) is 0 Å². The summed E-state index contributed by atoms with van der Waals surface area (Å²) in [5, 5.41) is 3.48. The van der Waals surface area contributed by atoms with E-state index in [1.807, 2.05) is 12.1 Å². The molecule has 1 rings (SSSR count). The van der Waals surface area contributed by atoms with Gasteiger partial charge in [-0.05, 0) is 61.3 Å². The molecular formula is C13H19Br2NO. The van der Waals surface area contributed by atoms with Crippen LogP contribution in [-0.2, 0) is 4.74 Å². The lowest BCUT2D eigenvalue weighted by molar-refractivity contribution is 0.0128. The van der Waals surface area contributed by atoms with Crippen molar-refractivity contribution in [3.05, 3.63) is 27.1 Å². The predicted molar refractivity (Wildman–Crippen MR) is 80.6 cm³/mol. The predicted octanol–water partition coefficient (Wildman–Crippen LogP) is 4.83. The molecule has 2 nitrogen and oxygen atoms in total. The molecular weight excluding hydrogens is 346 g/mol. The smallest absolute Gasteiger partial charge is 0.0642 e. The van der Waals surface area contributed by atoms with Gasteiger partial charge in [-0.1, -0.05) is 15.9 Å². The van der Waals surface area contributed by atoms with Crippen LogP contribution < -0.4 is 5.32 Å². The molecule has 0 spiro atoms. The molecule has 0 aliphatic rings. The Bertz CT molecular complexity index is 380. The fraction of sp³-hybridized carbons (Fsp3) is 0.538. The first kappa shape index (κ1) is 15.0. The van der Waals surface area contributed by atoms with E-state index in [1.54, 1.807) is 7.11 Å². The summed E-state index contributed by atoms with van der Waals surface area (Å²) in [7, 11) is 1.75. The topological polar surface area (TPSA) is 21.3 Å². The SMILES string of the molecule is COC(C)(C)CC(C)Nc1cc(Br)ccc1Br. The van der Waals surface area contributed by atoms with Gasteiger partial charge in [0.25, 0.3) is 0 Å². The van der Waals surface area contributed by atoms with E-state index in [2.05, 4.69) is 64.0 Å². The van der Waals surface area contributed by atoms with E-state index in [1.165, 1.54) is 0 Å². The summed E-state index contributed by atoms with van der Waals surface area (Å²) in [6, 6.07) is 6.45. The van der Waals surface area contributed by atoms with Crippen molar-refractivity contribution in [3.8, 4) is 0 Å². The summed E-state index contributed by atoms with van der Waals surface area (Å²) < 4.78 is 7.58. The quantitative estimate of drug-likeness (QED) is 0.808. The van der Waals surface area contributed by atoms with Gasteiger partial charge in [0.05, 0.1) is 5.60 Å². The van der Waals surface area contributed by atoms with E-state index < -0.39 is 0 Å². The van der Waals surface area contributed by atoms with Crippen LogP contribution in [0, 0.1) is 0 Å². The molecule has 0 amide bonds. The largest absolute Gasteiger partial charge is 0.382 e. The van der Waals surface area contributed by atoms with E-state index in [0.29, 0.717) is 6.04 Å². The lowest BCUT2D eigenvalue weighted by Gasteiger charge is -2.28. The highest BCUT2D eigenvalue weighted by molar-refractivity contribution is 9.11. The van der Waals surface area contributed by atoms with E-state index in [4.69, 9.17) is 4.74 Å². The molecule has 0 saturated heterocycles. The van der Waals surface area contributed by atoms with Gasteiger partial charge in [0.2, 0.25) is 0 Å². The van der Waals surface area contributed by atoms with Crippen molar-refractivity contribution in [2.45, 2.75) is 38.8 Å². The van der Waals surface area contributed by atoms with Gasteiger partial charge >= 0.3 is 0 Å². The Morgan fingerprint density at radius 1 is 1.35 bits per heavy atom. The molecule has 4 heteroatoms. The fourth-order valence-corrected chi connectivity index (χ4v) is 2.47. The number of hydrogen-bond donors (Lipinski definition) is 1. The molecule has 0 bridgehead atoms. The second-order valence-corrected chi connectivity index (χ2v) is 6.61. The third-order valence-corrected chi connectivity index (χ3v) is 3.87. The molecule has 1 aromatic rings. The Balaban J connectivity index is 2.68. The van der Waals surface area contributed by atoms with Crippen LogP contribution in [0.25, 0.3) is 0 Å². The van der Waals surface area contributed by atoms with Crippen LogP contribution in [-0.4, -0.2) is 18.8 Å². The maximum absolute atomic E-state index is 5.44. The lowest BCUT2D eigenvalue weighted by Crippen LogP contribution is -2.31. The zero-order valence-corrected chi connectivity index (χ0v) is 13.9. The summed E-state index contributed by atoms with van der Waals surface area (Å²) >= 11 is 7.02. The maximum atomic E-state index is 5.44. The second-order valence-electron chi connectivity index (χ2n) is 4.84. The van der Waals surface area contributed by atoms with Crippen LogP contribution in [0.2, 0.25) is 0 Å². The molecule has 0 saturated carbocycles. The summed E-state index contributed by atoms with van der Waals surface area (Å²) in [5.41, 5.74) is 0.990. The van der Waals surface area contributed by atoms with Gasteiger partial charge in [0, 0.05) is 27.8 Å². The van der Waals surface area contributed by atoms with Crippen molar-refractivity contribution >= 4 is 37.5 Å². The van der Waals surface area contributed by atoms with Gasteiger partial charge in [0.15, 0.2) is 0 Å². The first-order valence-corrected chi connectivity index (χ1v) is 7.19. The van der Waals surface area contributed by atoms with Crippen LogP contribution in [0.3, 0.4) is 0 Å². The van der Waals surface area contributed by atoms with Crippen LogP contribution in [0.15, 0.2) is 27.1 Å². The number of anilines is 1. The van der Waals surface area contributed by atoms with E-state index in [9.17, 15) is 0 Å². The van der Waals surface area contributed by atoms with Crippen molar-refractivity contribution in [2.75, 3.05) is 12.4 Å². The van der Waals surface area contributed by atoms with Crippen molar-refractivity contribution in [1.29, 1.82) is 0 Å². The Kier molecular flexibility index (Phi) is 5.48. The molecule has 0 fully saturated rings. The highest BCUT2D eigenvalue weighted by Crippen LogP contribution is 2.28. The average molecular weight is 365 g/mol. The summed E-state index contributed by atoms with van der Waals surface area (Å²) in [6.07, 6.45) is 0.947. The van der Waals surface area contributed by atoms with Crippen LogP contribution in [0.4, 0.5) is 5.69 Å². The number of hydrogen-bond acceptors (Lipinski definition) is 2. The molecule has 0 aromatic heterocycles. The van der Waals surface area contributed by atoms with Gasteiger partial charge in [-0.2, -0.15) is 0 Å². The molecule has 1 unspecified atom stereocenters. The molecule has 96 valence electrons. The normalized spacial score (nSPS) is 13.5. The number of ether oxygens (including phenoxy) is 1. The van der Waals surface area contributed by atoms with Gasteiger partial charge in [-0.25, -0.2) is 0 Å². The number of benzene rings is 1. The Labute approximate surface area is 120 Å². The highest BCUT2D eigenvalue weighted by Gasteiger charge is 2.20. The lowest BCUT2D eigenvalue weighted by atomic mass is 10.00. The highest BCUT2D eigenvalue weighted by atomic mass is 79.9. The molecule has 17 heavy (non-hydrogen) atoms. The number of methoxy groups -OCH3 is 1. The minimum atomic E-state index is -0.106. The third kappa shape index (κ3) is 4.98. The maximum Gasteiger partial charge on any atom is 0.0642 e. The number of nitrogens with one attached hydrogen (secondary N) is 1. The van der Waals surface area contributed by atoms with Crippen molar-refractivity contribution in [2.24, 2.45) is 0 Å². The second kappa shape index (κ2) is 6.21. The summed E-state index contributed by atoms with van der Waals surface area (Å²) in [4.78, 5) is 0. The molecule has 0 aliphatic heterocycles. The van der Waals surface area contributed by atoms with E-state index >= 15 is 0 Å². The zero-order valence-electron chi connectivity index (χ0n) is 10.7. The molecule has 1 atom stereocenters. The molecule has 0 aliphatic carbocycles. The van der Waals surface area contributed by atoms with Crippen molar-refractivity contribution in [3.63, 3.8) is 0 Å². The molecule has 1 aromatic carbocycles. The standard InChI is InChI=1S/C13H19Br2NO/c1-9(8-13(2,3)17-4)16-12-7-10(14)5-6-11(12)15/h5-7,9,16H,8H2,1-4H3. The summed E-state index contributed by atoms with van der Waals surface area (Å²) in [6.45, 7) is 6.36. The van der Waals surface area contributed by atoms with Gasteiger partial charge < -0.3 is 10.1 Å². The third-order valence-electron chi connectivity index (χ3n) is 2.68. The number of rotatable bonds is 5. The van der Waals surface area contributed by atoms with E-state index in [0.717, 1.165) is 21.1 Å². The average Bonchev–Trinajstić information content (AvgIpc) is 2.23. The molecule has 0 heterocycles. The Hall–Kier alpha value is -0.0600. The van der Waals surface area contributed by atoms with Crippen LogP contribution in [0.5, 0.6) is 0 Å². The van der Waals surface area contributed by atoms with E-state index in [-0.39, 0.29) is 5.60 Å². The van der Waals surface area contributed by atoms with Crippen molar-refractivity contribution < 1.29 is 4.74 Å². The van der Waals surface area contributed by atoms with Gasteiger partial charge in [-0.3, -0.25) is 0 Å². The monoisotopic (exact) mass is 363 g/mol. The summed E-state index contributed by atoms with van der Waals surface area (Å²) in [5.74, 6) is 0. The minimum Gasteiger partial charge on any atom is -0.382 e. The van der Waals surface area contributed by atoms with Crippen LogP contribution >= 0.6 is 31.9 Å². The number of halogens is 2. The van der Waals surface area contributed by atoms with Gasteiger partial charge in [0.1, 0.15) is 0 Å². The minimum absolute atomic E-state index is 0.106. The molecule has 0 radical (unpaired) electrons. The molecule has 1 N–H and O–H groups in total. The first-order chi connectivity index (χ1) is 7.84. The zero-order chi connectivity index (χ0) is 13.1. The fourth-order valence-electron chi connectivity index (χ4n) is 1.75. The Morgan fingerprint density at radius 2 is 2.00 bits per heavy atom. The first-order valence-electron chi connectivity index (χ1n) is 5.61.